The second-order valence-electron chi connectivity index (χ2n) is 5.93. The standard InChI is InChI=1S/C19H33NO2/c1-4-5-6-7-8-10-15-18(16-20)19(21-2,22-3)17-13-11-9-12-14-17/h9,11-14,18H,4-8,10,15-16,20H2,1-3H3. The molecule has 1 unspecified atom stereocenters. The van der Waals surface area contributed by atoms with E-state index in [-0.39, 0.29) is 5.92 Å². The van der Waals surface area contributed by atoms with Gasteiger partial charge in [0, 0.05) is 32.2 Å². The topological polar surface area (TPSA) is 44.5 Å². The second-order valence-corrected chi connectivity index (χ2v) is 5.93. The van der Waals surface area contributed by atoms with E-state index >= 15 is 0 Å². The summed E-state index contributed by atoms with van der Waals surface area (Å²) >= 11 is 0. The molecule has 0 aliphatic rings. The summed E-state index contributed by atoms with van der Waals surface area (Å²) in [6, 6.07) is 10.1. The van der Waals surface area contributed by atoms with Crippen molar-refractivity contribution in [3.05, 3.63) is 35.9 Å². The zero-order valence-electron chi connectivity index (χ0n) is 14.5. The third-order valence-electron chi connectivity index (χ3n) is 4.51. The number of methoxy groups -OCH3 is 2. The van der Waals surface area contributed by atoms with Crippen molar-refractivity contribution in [2.45, 2.75) is 57.7 Å². The van der Waals surface area contributed by atoms with Crippen LogP contribution >= 0.6 is 0 Å². The van der Waals surface area contributed by atoms with Crippen LogP contribution in [0.4, 0.5) is 0 Å². The van der Waals surface area contributed by atoms with Crippen molar-refractivity contribution in [3.8, 4) is 0 Å². The van der Waals surface area contributed by atoms with E-state index in [2.05, 4.69) is 19.1 Å². The molecule has 1 aromatic carbocycles. The summed E-state index contributed by atoms with van der Waals surface area (Å²) in [4.78, 5) is 0. The van der Waals surface area contributed by atoms with Crippen molar-refractivity contribution >= 4 is 0 Å². The summed E-state index contributed by atoms with van der Waals surface area (Å²) in [6.07, 6.45) is 8.73. The van der Waals surface area contributed by atoms with Gasteiger partial charge in [-0.15, -0.1) is 0 Å². The first-order valence-electron chi connectivity index (χ1n) is 8.61. The lowest BCUT2D eigenvalue weighted by Gasteiger charge is -2.38. The highest BCUT2D eigenvalue weighted by Gasteiger charge is 2.39. The van der Waals surface area contributed by atoms with Gasteiger partial charge in [-0.3, -0.25) is 0 Å². The normalized spacial score (nSPS) is 13.3. The van der Waals surface area contributed by atoms with Crippen molar-refractivity contribution in [2.75, 3.05) is 20.8 Å². The quantitative estimate of drug-likeness (QED) is 0.458. The summed E-state index contributed by atoms with van der Waals surface area (Å²) in [5.41, 5.74) is 7.09. The Morgan fingerprint density at radius 1 is 0.955 bits per heavy atom. The number of nitrogens with two attached hydrogens (primary N) is 1. The number of ether oxygens (including phenoxy) is 2. The lowest BCUT2D eigenvalue weighted by Crippen LogP contribution is -2.43. The van der Waals surface area contributed by atoms with Crippen LogP contribution in [0.3, 0.4) is 0 Å². The van der Waals surface area contributed by atoms with Gasteiger partial charge >= 0.3 is 0 Å². The molecule has 0 saturated carbocycles. The van der Waals surface area contributed by atoms with E-state index in [1.807, 2.05) is 18.2 Å². The molecule has 3 nitrogen and oxygen atoms in total. The average Bonchev–Trinajstić information content (AvgIpc) is 2.58. The number of rotatable bonds is 12. The van der Waals surface area contributed by atoms with Gasteiger partial charge in [-0.05, 0) is 6.42 Å². The fourth-order valence-electron chi connectivity index (χ4n) is 3.19. The number of hydrogen-bond donors (Lipinski definition) is 1. The zero-order chi connectivity index (χ0) is 16.3. The average molecular weight is 307 g/mol. The van der Waals surface area contributed by atoms with Crippen molar-refractivity contribution < 1.29 is 9.47 Å². The van der Waals surface area contributed by atoms with Crippen molar-refractivity contribution in [3.63, 3.8) is 0 Å². The zero-order valence-corrected chi connectivity index (χ0v) is 14.5. The van der Waals surface area contributed by atoms with Crippen molar-refractivity contribution in [1.29, 1.82) is 0 Å². The molecule has 0 spiro atoms. The van der Waals surface area contributed by atoms with Crippen LogP contribution in [0.25, 0.3) is 0 Å². The predicted molar refractivity (Wildman–Crippen MR) is 92.7 cm³/mol. The van der Waals surface area contributed by atoms with Crippen LogP contribution in [-0.2, 0) is 15.3 Å². The van der Waals surface area contributed by atoms with Crippen LogP contribution in [0.15, 0.2) is 30.3 Å². The Kier molecular flexibility index (Phi) is 9.37. The summed E-state index contributed by atoms with van der Waals surface area (Å²) < 4.78 is 11.6. The van der Waals surface area contributed by atoms with Crippen LogP contribution in [0, 0.1) is 5.92 Å². The molecule has 0 aliphatic heterocycles. The highest BCUT2D eigenvalue weighted by Crippen LogP contribution is 2.36. The van der Waals surface area contributed by atoms with E-state index in [9.17, 15) is 0 Å². The van der Waals surface area contributed by atoms with Gasteiger partial charge < -0.3 is 15.2 Å². The Labute approximate surface area is 136 Å². The largest absolute Gasteiger partial charge is 0.349 e. The number of benzene rings is 1. The van der Waals surface area contributed by atoms with Crippen molar-refractivity contribution in [2.24, 2.45) is 11.7 Å². The Morgan fingerprint density at radius 3 is 2.09 bits per heavy atom. The van der Waals surface area contributed by atoms with Gasteiger partial charge in [-0.2, -0.15) is 0 Å². The molecule has 0 aliphatic carbocycles. The molecule has 0 fully saturated rings. The molecular formula is C19H33NO2. The summed E-state index contributed by atoms with van der Waals surface area (Å²) in [5, 5.41) is 0. The molecule has 0 saturated heterocycles. The van der Waals surface area contributed by atoms with Gasteiger partial charge in [0.1, 0.15) is 0 Å². The second kappa shape index (κ2) is 10.8. The molecule has 1 aromatic rings. The van der Waals surface area contributed by atoms with E-state index < -0.39 is 5.79 Å². The molecule has 126 valence electrons. The van der Waals surface area contributed by atoms with Crippen LogP contribution in [0.5, 0.6) is 0 Å². The number of hydrogen-bond acceptors (Lipinski definition) is 3. The fourth-order valence-corrected chi connectivity index (χ4v) is 3.19. The molecular weight excluding hydrogens is 274 g/mol. The van der Waals surface area contributed by atoms with Crippen LogP contribution < -0.4 is 5.73 Å². The van der Waals surface area contributed by atoms with Gasteiger partial charge in [0.2, 0.25) is 0 Å². The Bertz CT molecular complexity index is 376. The molecule has 2 N–H and O–H groups in total. The minimum Gasteiger partial charge on any atom is -0.349 e. The summed E-state index contributed by atoms with van der Waals surface area (Å²) in [5.74, 6) is -0.574. The third kappa shape index (κ3) is 5.08. The maximum Gasteiger partial charge on any atom is 0.198 e. The lowest BCUT2D eigenvalue weighted by molar-refractivity contribution is -0.249. The van der Waals surface area contributed by atoms with E-state index in [0.717, 1.165) is 12.0 Å². The highest BCUT2D eigenvalue weighted by molar-refractivity contribution is 5.21. The predicted octanol–water partition coefficient (Wildman–Crippen LogP) is 4.46. The molecule has 3 heteroatoms. The van der Waals surface area contributed by atoms with Gasteiger partial charge in [-0.1, -0.05) is 75.8 Å². The molecule has 0 heterocycles. The van der Waals surface area contributed by atoms with E-state index in [4.69, 9.17) is 15.2 Å². The van der Waals surface area contributed by atoms with Gasteiger partial charge in [0.05, 0.1) is 0 Å². The minimum atomic E-state index is -0.737. The Balaban J connectivity index is 2.67. The highest BCUT2D eigenvalue weighted by atomic mass is 16.7. The molecule has 1 rings (SSSR count). The summed E-state index contributed by atoms with van der Waals surface area (Å²) in [6.45, 7) is 2.81. The SMILES string of the molecule is CCCCCCCCC(CN)C(OC)(OC)c1ccccc1. The Morgan fingerprint density at radius 2 is 1.55 bits per heavy atom. The maximum atomic E-state index is 6.05. The van der Waals surface area contributed by atoms with Crippen LogP contribution in [0.2, 0.25) is 0 Å². The first kappa shape index (κ1) is 19.1. The lowest BCUT2D eigenvalue weighted by atomic mass is 9.87. The van der Waals surface area contributed by atoms with Crippen LogP contribution in [-0.4, -0.2) is 20.8 Å². The molecule has 1 atom stereocenters. The fraction of sp³-hybridized carbons (Fsp3) is 0.684. The van der Waals surface area contributed by atoms with E-state index in [1.54, 1.807) is 14.2 Å². The molecule has 0 aromatic heterocycles. The summed E-state index contributed by atoms with van der Waals surface area (Å²) in [7, 11) is 3.42. The molecule has 0 bridgehead atoms. The molecule has 22 heavy (non-hydrogen) atoms. The van der Waals surface area contributed by atoms with E-state index in [1.165, 1.54) is 38.5 Å². The first-order chi connectivity index (χ1) is 10.7. The van der Waals surface area contributed by atoms with Crippen molar-refractivity contribution in [1.82, 2.24) is 0 Å². The van der Waals surface area contributed by atoms with E-state index in [0.29, 0.717) is 6.54 Å². The Hall–Kier alpha value is -0.900. The van der Waals surface area contributed by atoms with Gasteiger partial charge in [0.15, 0.2) is 5.79 Å². The van der Waals surface area contributed by atoms with Gasteiger partial charge in [-0.25, -0.2) is 0 Å². The molecule has 0 amide bonds. The minimum absolute atomic E-state index is 0.163. The smallest absolute Gasteiger partial charge is 0.198 e. The molecule has 0 radical (unpaired) electrons. The third-order valence-corrected chi connectivity index (χ3v) is 4.51. The first-order valence-corrected chi connectivity index (χ1v) is 8.61. The maximum absolute atomic E-state index is 6.05. The monoisotopic (exact) mass is 307 g/mol. The number of unbranched alkanes of at least 4 members (excludes halogenated alkanes) is 5. The van der Waals surface area contributed by atoms with Gasteiger partial charge in [0.25, 0.3) is 0 Å². The van der Waals surface area contributed by atoms with Crippen LogP contribution in [0.1, 0.15) is 57.4 Å².